The molecule has 2 rings (SSSR count). The van der Waals surface area contributed by atoms with Crippen molar-refractivity contribution in [1.82, 2.24) is 14.6 Å². The van der Waals surface area contributed by atoms with Gasteiger partial charge in [0.25, 0.3) is 0 Å². The number of carbonyl (C=O) groups is 1. The average molecular weight is 286 g/mol. The summed E-state index contributed by atoms with van der Waals surface area (Å²) in [6.07, 6.45) is 1.43. The van der Waals surface area contributed by atoms with Crippen molar-refractivity contribution >= 4 is 27.5 Å². The summed E-state index contributed by atoms with van der Waals surface area (Å²) < 4.78 is 6.89. The molecule has 0 spiro atoms. The average Bonchev–Trinajstić information content (AvgIpc) is 2.57. The summed E-state index contributed by atoms with van der Waals surface area (Å²) >= 11 is 3.32. The molecule has 0 aliphatic carbocycles. The van der Waals surface area contributed by atoms with E-state index in [4.69, 9.17) is 9.84 Å². The van der Waals surface area contributed by atoms with Crippen LogP contribution >= 0.6 is 15.9 Å². The summed E-state index contributed by atoms with van der Waals surface area (Å²) in [7, 11) is 1.54. The van der Waals surface area contributed by atoms with Gasteiger partial charge in [-0.3, -0.25) is 0 Å². The second kappa shape index (κ2) is 4.18. The Morgan fingerprint density at radius 1 is 1.69 bits per heavy atom. The minimum Gasteiger partial charge on any atom is -0.477 e. The Morgan fingerprint density at radius 3 is 3.06 bits per heavy atom. The Balaban J connectivity index is 2.70. The third-order valence-corrected chi connectivity index (χ3v) is 2.84. The zero-order valence-electron chi connectivity index (χ0n) is 8.35. The monoisotopic (exact) mass is 285 g/mol. The first-order chi connectivity index (χ1) is 7.65. The van der Waals surface area contributed by atoms with Crippen LogP contribution in [-0.4, -0.2) is 32.8 Å². The van der Waals surface area contributed by atoms with Gasteiger partial charge in [-0.1, -0.05) is 0 Å². The molecule has 0 fully saturated rings. The van der Waals surface area contributed by atoms with Gasteiger partial charge in [0.1, 0.15) is 5.69 Å². The van der Waals surface area contributed by atoms with Crippen LogP contribution in [-0.2, 0) is 11.3 Å². The minimum absolute atomic E-state index is 0.0630. The van der Waals surface area contributed by atoms with Crippen LogP contribution in [0.1, 0.15) is 16.2 Å². The number of methoxy groups -OCH3 is 1. The molecule has 0 aromatic carbocycles. The van der Waals surface area contributed by atoms with Gasteiger partial charge in [-0.15, -0.1) is 0 Å². The number of halogens is 1. The fourth-order valence-electron chi connectivity index (χ4n) is 1.35. The maximum absolute atomic E-state index is 11.0. The molecule has 0 atom stereocenters. The molecule has 1 N–H and O–H groups in total. The molecule has 0 unspecified atom stereocenters. The van der Waals surface area contributed by atoms with Gasteiger partial charge in [-0.2, -0.15) is 5.10 Å². The first-order valence-electron chi connectivity index (χ1n) is 4.39. The van der Waals surface area contributed by atoms with Gasteiger partial charge in [0.05, 0.1) is 11.1 Å². The van der Waals surface area contributed by atoms with E-state index in [9.17, 15) is 4.79 Å². The van der Waals surface area contributed by atoms with Gasteiger partial charge >= 0.3 is 5.97 Å². The van der Waals surface area contributed by atoms with Crippen molar-refractivity contribution in [2.75, 3.05) is 7.11 Å². The molecule has 16 heavy (non-hydrogen) atoms. The lowest BCUT2D eigenvalue weighted by molar-refractivity contribution is 0.0687. The summed E-state index contributed by atoms with van der Waals surface area (Å²) in [5, 5.41) is 13.1. The number of ether oxygens (including phenoxy) is 1. The van der Waals surface area contributed by atoms with E-state index in [1.165, 1.54) is 16.8 Å². The predicted octanol–water partition coefficient (Wildman–Crippen LogP) is 1.34. The van der Waals surface area contributed by atoms with Crippen molar-refractivity contribution in [2.45, 2.75) is 6.61 Å². The van der Waals surface area contributed by atoms with E-state index in [2.05, 4.69) is 26.0 Å². The summed E-state index contributed by atoms with van der Waals surface area (Å²) in [5.74, 6) is -1.05. The summed E-state index contributed by atoms with van der Waals surface area (Å²) in [5.41, 5.74) is 1.14. The van der Waals surface area contributed by atoms with E-state index in [0.29, 0.717) is 22.4 Å². The number of carboxylic acids is 1. The van der Waals surface area contributed by atoms with Crippen LogP contribution in [0.4, 0.5) is 0 Å². The predicted molar refractivity (Wildman–Crippen MR) is 58.4 cm³/mol. The zero-order valence-corrected chi connectivity index (χ0v) is 9.93. The second-order valence-electron chi connectivity index (χ2n) is 3.06. The van der Waals surface area contributed by atoms with Gasteiger partial charge in [-0.25, -0.2) is 14.3 Å². The van der Waals surface area contributed by atoms with E-state index in [1.807, 2.05) is 0 Å². The minimum atomic E-state index is -1.05. The smallest absolute Gasteiger partial charge is 0.354 e. The highest BCUT2D eigenvalue weighted by molar-refractivity contribution is 9.10. The third kappa shape index (κ3) is 1.68. The molecular weight excluding hydrogens is 278 g/mol. The van der Waals surface area contributed by atoms with Crippen molar-refractivity contribution in [3.8, 4) is 0 Å². The van der Waals surface area contributed by atoms with Crippen molar-refractivity contribution in [3.05, 3.63) is 28.1 Å². The van der Waals surface area contributed by atoms with Gasteiger partial charge in [-0.05, 0) is 22.0 Å². The molecule has 0 aliphatic heterocycles. The largest absolute Gasteiger partial charge is 0.477 e. The molecule has 0 saturated carbocycles. The number of aromatic nitrogens is 3. The third-order valence-electron chi connectivity index (χ3n) is 2.03. The van der Waals surface area contributed by atoms with Crippen molar-refractivity contribution in [3.63, 3.8) is 0 Å². The molecule has 84 valence electrons. The van der Waals surface area contributed by atoms with Crippen molar-refractivity contribution in [1.29, 1.82) is 0 Å². The van der Waals surface area contributed by atoms with Gasteiger partial charge < -0.3 is 9.84 Å². The van der Waals surface area contributed by atoms with Crippen LogP contribution in [0.5, 0.6) is 0 Å². The van der Waals surface area contributed by atoms with Crippen LogP contribution in [0, 0.1) is 0 Å². The fraction of sp³-hybridized carbons (Fsp3) is 0.222. The Hall–Kier alpha value is -1.47. The Morgan fingerprint density at radius 2 is 2.44 bits per heavy atom. The maximum atomic E-state index is 11.0. The molecule has 7 heteroatoms. The number of fused-ring (bicyclic) bond motifs is 1. The first kappa shape index (κ1) is 11.0. The first-order valence-corrected chi connectivity index (χ1v) is 5.18. The van der Waals surface area contributed by atoms with E-state index in [1.54, 1.807) is 7.11 Å². The highest BCUT2D eigenvalue weighted by atomic mass is 79.9. The number of hydrogen-bond donors (Lipinski definition) is 1. The molecule has 0 saturated heterocycles. The lowest BCUT2D eigenvalue weighted by atomic mass is 10.4. The van der Waals surface area contributed by atoms with E-state index in [-0.39, 0.29) is 5.69 Å². The van der Waals surface area contributed by atoms with Crippen molar-refractivity contribution < 1.29 is 14.6 Å². The summed E-state index contributed by atoms with van der Waals surface area (Å²) in [6.45, 7) is 0.295. The van der Waals surface area contributed by atoms with Gasteiger partial charge in [0.15, 0.2) is 11.3 Å². The van der Waals surface area contributed by atoms with E-state index < -0.39 is 5.97 Å². The van der Waals surface area contributed by atoms with Gasteiger partial charge in [0.2, 0.25) is 0 Å². The quantitative estimate of drug-likeness (QED) is 0.921. The molecule has 0 aliphatic rings. The zero-order chi connectivity index (χ0) is 11.7. The van der Waals surface area contributed by atoms with Crippen LogP contribution < -0.4 is 0 Å². The molecule has 2 aromatic heterocycles. The summed E-state index contributed by atoms with van der Waals surface area (Å²) in [6, 6.07) is 1.39. The molecule has 0 radical (unpaired) electrons. The number of nitrogens with zero attached hydrogens (tertiary/aromatic N) is 3. The Kier molecular flexibility index (Phi) is 2.88. The van der Waals surface area contributed by atoms with Gasteiger partial charge in [0, 0.05) is 13.3 Å². The van der Waals surface area contributed by atoms with Crippen LogP contribution in [0.3, 0.4) is 0 Å². The number of aromatic carboxylic acids is 1. The second-order valence-corrected chi connectivity index (χ2v) is 3.86. The van der Waals surface area contributed by atoms with Crippen LogP contribution in [0.2, 0.25) is 0 Å². The summed E-state index contributed by atoms with van der Waals surface area (Å²) in [4.78, 5) is 15.0. The maximum Gasteiger partial charge on any atom is 0.354 e. The van der Waals surface area contributed by atoms with Crippen LogP contribution in [0.15, 0.2) is 16.7 Å². The molecule has 6 nitrogen and oxygen atoms in total. The van der Waals surface area contributed by atoms with E-state index in [0.717, 1.165) is 0 Å². The molecule has 0 bridgehead atoms. The van der Waals surface area contributed by atoms with Crippen molar-refractivity contribution in [2.24, 2.45) is 0 Å². The van der Waals surface area contributed by atoms with Crippen LogP contribution in [0.25, 0.3) is 5.65 Å². The standard InChI is InChI=1S/C9H8BrN3O3/c1-16-4-5-7(10)8-11-3-2-6(9(14)15)13(8)12-5/h2-3H,4H2,1H3,(H,14,15). The number of carboxylic acid groups (broad SMARTS) is 1. The lowest BCUT2D eigenvalue weighted by Gasteiger charge is -1.97. The molecule has 0 amide bonds. The molecule has 2 heterocycles. The topological polar surface area (TPSA) is 76.7 Å². The highest BCUT2D eigenvalue weighted by Crippen LogP contribution is 2.22. The SMILES string of the molecule is COCc1nn2c(C(=O)O)ccnc2c1Br. The normalized spacial score (nSPS) is 10.9. The van der Waals surface area contributed by atoms with E-state index >= 15 is 0 Å². The highest BCUT2D eigenvalue weighted by Gasteiger charge is 2.16. The number of rotatable bonds is 3. The molecular formula is C9H8BrN3O3. The lowest BCUT2D eigenvalue weighted by Crippen LogP contribution is -2.07. The Bertz CT molecular complexity index is 552. The Labute approximate surface area is 99.0 Å². The molecule has 2 aromatic rings. The fourth-order valence-corrected chi connectivity index (χ4v) is 1.82. The number of hydrogen-bond acceptors (Lipinski definition) is 4.